The van der Waals surface area contributed by atoms with Crippen LogP contribution in [-0.2, 0) is 4.74 Å². The average molecular weight is 500 g/mol. The van der Waals surface area contributed by atoms with Gasteiger partial charge in [0.25, 0.3) is 6.02 Å². The van der Waals surface area contributed by atoms with Crippen LogP contribution in [0, 0.1) is 0 Å². The molecule has 178 valence electrons. The molecule has 1 N–H and O–H groups in total. The van der Waals surface area contributed by atoms with Crippen LogP contribution in [0.25, 0.3) is 17.1 Å². The summed E-state index contributed by atoms with van der Waals surface area (Å²) in [5.74, 6) is 0.155. The first-order valence-electron chi connectivity index (χ1n) is 10.4. The summed E-state index contributed by atoms with van der Waals surface area (Å²) in [6, 6.07) is 20.5. The molecule has 0 spiro atoms. The van der Waals surface area contributed by atoms with Crippen LogP contribution in [0.4, 0.5) is 18.9 Å². The minimum Gasteiger partial charge on any atom is -0.462 e. The van der Waals surface area contributed by atoms with Gasteiger partial charge in [-0.3, -0.25) is 0 Å². The van der Waals surface area contributed by atoms with E-state index in [4.69, 9.17) is 16.3 Å². The molecule has 1 aromatic heterocycles. The van der Waals surface area contributed by atoms with Crippen LogP contribution in [0.15, 0.2) is 84.1 Å². The van der Waals surface area contributed by atoms with Gasteiger partial charge in [0.15, 0.2) is 5.82 Å². The van der Waals surface area contributed by atoms with Gasteiger partial charge in [-0.05, 0) is 66.2 Å². The topological polar surface area (TPSA) is 73.6 Å². The number of anilines is 1. The Balaban J connectivity index is 1.24. The van der Waals surface area contributed by atoms with Crippen LogP contribution in [0.1, 0.15) is 11.6 Å². The van der Waals surface area contributed by atoms with Gasteiger partial charge in [-0.1, -0.05) is 23.7 Å². The monoisotopic (exact) mass is 499 g/mol. The van der Waals surface area contributed by atoms with E-state index in [2.05, 4.69) is 25.1 Å². The molecule has 4 aromatic rings. The molecular weight excluding hydrogens is 483 g/mol. The number of amidine groups is 1. The molecule has 5 rings (SSSR count). The van der Waals surface area contributed by atoms with Gasteiger partial charge >= 0.3 is 6.36 Å². The van der Waals surface area contributed by atoms with Gasteiger partial charge in [0.2, 0.25) is 0 Å². The maximum absolute atomic E-state index is 12.3. The van der Waals surface area contributed by atoms with E-state index in [1.807, 2.05) is 48.5 Å². The minimum atomic E-state index is -4.74. The van der Waals surface area contributed by atoms with Crippen LogP contribution in [0.5, 0.6) is 5.75 Å². The predicted octanol–water partition coefficient (Wildman–Crippen LogP) is 6.03. The number of benzene rings is 3. The number of hydrogen-bond acceptors (Lipinski definition) is 6. The summed E-state index contributed by atoms with van der Waals surface area (Å²) in [4.78, 5) is 8.85. The molecule has 1 aliphatic heterocycles. The second-order valence-electron chi connectivity index (χ2n) is 7.57. The molecule has 0 radical (unpaired) electrons. The van der Waals surface area contributed by atoms with Crippen molar-refractivity contribution in [3.8, 4) is 22.8 Å². The molecule has 1 atom stereocenters. The number of nitrogens with zero attached hydrogens (tertiary/aromatic N) is 4. The zero-order valence-corrected chi connectivity index (χ0v) is 18.7. The maximum atomic E-state index is 12.3. The maximum Gasteiger partial charge on any atom is 0.573 e. The van der Waals surface area contributed by atoms with Gasteiger partial charge in [0.05, 0.1) is 5.69 Å². The van der Waals surface area contributed by atoms with E-state index in [0.29, 0.717) is 29.2 Å². The van der Waals surface area contributed by atoms with Gasteiger partial charge in [-0.15, -0.1) is 18.3 Å². The highest BCUT2D eigenvalue weighted by Gasteiger charge is 2.31. The lowest BCUT2D eigenvalue weighted by Gasteiger charge is -2.09. The summed E-state index contributed by atoms with van der Waals surface area (Å²) < 4.78 is 48.0. The van der Waals surface area contributed by atoms with E-state index in [-0.39, 0.29) is 11.8 Å². The summed E-state index contributed by atoms with van der Waals surface area (Å²) >= 11 is 6.06. The number of aliphatic imine (C=N–C) groups is 1. The third-order valence-corrected chi connectivity index (χ3v) is 5.34. The van der Waals surface area contributed by atoms with Crippen molar-refractivity contribution in [2.24, 2.45) is 4.99 Å². The van der Waals surface area contributed by atoms with E-state index in [1.165, 1.54) is 35.3 Å². The first-order chi connectivity index (χ1) is 16.8. The highest BCUT2D eigenvalue weighted by Crippen LogP contribution is 2.27. The largest absolute Gasteiger partial charge is 0.573 e. The van der Waals surface area contributed by atoms with Crippen molar-refractivity contribution < 1.29 is 22.6 Å². The number of nitrogens with one attached hydrogen (secondary N) is 1. The number of rotatable bonds is 5. The zero-order valence-electron chi connectivity index (χ0n) is 17.9. The number of aromatic nitrogens is 3. The van der Waals surface area contributed by atoms with Crippen molar-refractivity contribution in [3.05, 3.63) is 89.7 Å². The first kappa shape index (κ1) is 22.7. The summed E-state index contributed by atoms with van der Waals surface area (Å²) in [6.45, 7) is 0.422. The molecule has 0 saturated heterocycles. The third kappa shape index (κ3) is 5.55. The summed E-state index contributed by atoms with van der Waals surface area (Å²) in [5.41, 5.74) is 3.06. The number of halogens is 4. The van der Waals surface area contributed by atoms with Gasteiger partial charge in [-0.25, -0.2) is 14.7 Å². The Kier molecular flexibility index (Phi) is 6.04. The van der Waals surface area contributed by atoms with Crippen LogP contribution in [-0.4, -0.2) is 33.8 Å². The molecule has 0 saturated carbocycles. The summed E-state index contributed by atoms with van der Waals surface area (Å²) in [7, 11) is 0. The highest BCUT2D eigenvalue weighted by atomic mass is 35.5. The Labute approximate surface area is 202 Å². The fourth-order valence-electron chi connectivity index (χ4n) is 3.47. The van der Waals surface area contributed by atoms with Gasteiger partial charge < -0.3 is 14.8 Å². The van der Waals surface area contributed by atoms with Crippen molar-refractivity contribution >= 4 is 23.3 Å². The lowest BCUT2D eigenvalue weighted by molar-refractivity contribution is -0.274. The summed E-state index contributed by atoms with van der Waals surface area (Å²) in [5, 5.41) is 8.20. The van der Waals surface area contributed by atoms with E-state index in [0.717, 1.165) is 16.8 Å². The molecule has 7 nitrogen and oxygen atoms in total. The van der Waals surface area contributed by atoms with Crippen LogP contribution in [0.2, 0.25) is 5.02 Å². The Bertz CT molecular complexity index is 1350. The first-order valence-corrected chi connectivity index (χ1v) is 10.8. The van der Waals surface area contributed by atoms with Crippen LogP contribution in [0.3, 0.4) is 0 Å². The third-order valence-electron chi connectivity index (χ3n) is 5.11. The van der Waals surface area contributed by atoms with Crippen molar-refractivity contribution in [1.82, 2.24) is 14.8 Å². The second-order valence-corrected chi connectivity index (χ2v) is 8.01. The van der Waals surface area contributed by atoms with Crippen molar-refractivity contribution in [1.29, 1.82) is 0 Å². The SMILES string of the molecule is FC(F)(F)Oc1ccc(-n2cnc(-c3ccc(NC4=NC(c5cccc(Cl)c5)CO4)cc3)n2)cc1. The Morgan fingerprint density at radius 2 is 1.80 bits per heavy atom. The molecule has 11 heteroatoms. The number of alkyl halides is 3. The molecule has 1 aliphatic rings. The van der Waals surface area contributed by atoms with Gasteiger partial charge in [0.1, 0.15) is 24.7 Å². The van der Waals surface area contributed by atoms with E-state index < -0.39 is 6.36 Å². The fraction of sp³-hybridized carbons (Fsp3) is 0.125. The number of ether oxygens (including phenoxy) is 2. The smallest absolute Gasteiger partial charge is 0.462 e. The highest BCUT2D eigenvalue weighted by molar-refractivity contribution is 6.30. The van der Waals surface area contributed by atoms with Crippen LogP contribution >= 0.6 is 11.6 Å². The minimum absolute atomic E-state index is 0.127. The zero-order chi connectivity index (χ0) is 24.4. The fourth-order valence-corrected chi connectivity index (χ4v) is 3.67. The molecular formula is C24H17ClF3N5O2. The Morgan fingerprint density at radius 1 is 1.03 bits per heavy atom. The second kappa shape index (κ2) is 9.30. The van der Waals surface area contributed by atoms with E-state index in [9.17, 15) is 13.2 Å². The van der Waals surface area contributed by atoms with E-state index in [1.54, 1.807) is 0 Å². The van der Waals surface area contributed by atoms with Crippen molar-refractivity contribution in [3.63, 3.8) is 0 Å². The Morgan fingerprint density at radius 3 is 2.51 bits per heavy atom. The van der Waals surface area contributed by atoms with E-state index >= 15 is 0 Å². The molecule has 3 aromatic carbocycles. The molecule has 0 aliphatic carbocycles. The van der Waals surface area contributed by atoms with Crippen molar-refractivity contribution in [2.45, 2.75) is 12.4 Å². The molecule has 0 amide bonds. The molecule has 0 fully saturated rings. The Hall–Kier alpha value is -4.05. The molecule has 35 heavy (non-hydrogen) atoms. The summed E-state index contributed by atoms with van der Waals surface area (Å²) in [6.07, 6.45) is -3.25. The van der Waals surface area contributed by atoms with Crippen LogP contribution < -0.4 is 10.1 Å². The normalized spacial score (nSPS) is 15.4. The van der Waals surface area contributed by atoms with Crippen molar-refractivity contribution in [2.75, 3.05) is 11.9 Å². The molecule has 2 heterocycles. The lowest BCUT2D eigenvalue weighted by atomic mass is 10.1. The quantitative estimate of drug-likeness (QED) is 0.363. The predicted molar refractivity (Wildman–Crippen MR) is 125 cm³/mol. The molecule has 0 bridgehead atoms. The van der Waals surface area contributed by atoms with Gasteiger partial charge in [0, 0.05) is 16.3 Å². The number of hydrogen-bond donors (Lipinski definition) is 1. The average Bonchev–Trinajstić information content (AvgIpc) is 3.50. The van der Waals surface area contributed by atoms with Gasteiger partial charge in [-0.2, -0.15) is 0 Å². The molecule has 1 unspecified atom stereocenters. The lowest BCUT2D eigenvalue weighted by Crippen LogP contribution is -2.17. The standard InChI is InChI=1S/C24H17ClF3N5O2/c25-17-3-1-2-16(12-17)21-13-34-23(31-21)30-18-6-4-15(5-7-18)22-29-14-33(32-22)19-8-10-20(11-9-19)35-24(26,27)28/h1-12,14,21H,13H2,(H,30,31).